The summed E-state index contributed by atoms with van der Waals surface area (Å²) in [5.74, 6) is -1.66. The van der Waals surface area contributed by atoms with Gasteiger partial charge in [0.1, 0.15) is 11.9 Å². The normalized spacial score (nSPS) is 18.9. The molecule has 1 aliphatic rings. The molecule has 1 saturated heterocycles. The van der Waals surface area contributed by atoms with Crippen LogP contribution >= 0.6 is 0 Å². The van der Waals surface area contributed by atoms with Gasteiger partial charge >= 0.3 is 0 Å². The third kappa shape index (κ3) is 6.45. The molecule has 2 aromatic carbocycles. The van der Waals surface area contributed by atoms with E-state index in [1.54, 1.807) is 10.4 Å². The predicted molar refractivity (Wildman–Crippen MR) is 131 cm³/mol. The zero-order chi connectivity index (χ0) is 25.6. The number of aryl methyl sites for hydroxylation is 1. The highest BCUT2D eigenvalue weighted by atomic mass is 19.1. The van der Waals surface area contributed by atoms with Crippen LogP contribution in [0.15, 0.2) is 54.6 Å². The Kier molecular flexibility index (Phi) is 8.27. The Morgan fingerprint density at radius 3 is 2.37 bits per heavy atom. The highest BCUT2D eigenvalue weighted by molar-refractivity contribution is 5.99. The average molecular weight is 484 g/mol. The van der Waals surface area contributed by atoms with Crippen molar-refractivity contribution in [1.82, 2.24) is 10.4 Å². The Morgan fingerprint density at radius 1 is 1.11 bits per heavy atom. The number of halogens is 1. The van der Waals surface area contributed by atoms with Gasteiger partial charge in [-0.1, -0.05) is 51.1 Å². The summed E-state index contributed by atoms with van der Waals surface area (Å²) in [5.41, 5.74) is 1.64. The molecule has 0 radical (unpaired) electrons. The van der Waals surface area contributed by atoms with E-state index in [0.29, 0.717) is 31.5 Å². The highest BCUT2D eigenvalue weighted by Gasteiger charge is 2.52. The van der Waals surface area contributed by atoms with Crippen LogP contribution in [0, 0.1) is 16.6 Å². The number of rotatable bonds is 9. The van der Waals surface area contributed by atoms with Gasteiger partial charge in [-0.05, 0) is 60.9 Å². The van der Waals surface area contributed by atoms with Gasteiger partial charge < -0.3 is 10.2 Å². The fourth-order valence-electron chi connectivity index (χ4n) is 4.95. The van der Waals surface area contributed by atoms with Gasteiger partial charge in [0, 0.05) is 18.7 Å². The first kappa shape index (κ1) is 26.3. The van der Waals surface area contributed by atoms with E-state index >= 15 is 0 Å². The summed E-state index contributed by atoms with van der Waals surface area (Å²) in [6, 6.07) is 14.6. The number of carbonyl (C=O) groups is 3. The lowest BCUT2D eigenvalue weighted by Gasteiger charge is -2.38. The minimum absolute atomic E-state index is 0.149. The molecule has 1 heterocycles. The number of anilines is 1. The number of carbonyl (C=O) groups excluding carboxylic acids is 3. The lowest BCUT2D eigenvalue weighted by atomic mass is 9.77. The van der Waals surface area contributed by atoms with Crippen LogP contribution in [0.5, 0.6) is 0 Å². The van der Waals surface area contributed by atoms with Crippen molar-refractivity contribution in [3.05, 3.63) is 66.0 Å². The van der Waals surface area contributed by atoms with E-state index in [-0.39, 0.29) is 18.2 Å². The van der Waals surface area contributed by atoms with Gasteiger partial charge in [-0.2, -0.15) is 0 Å². The number of hydrogen-bond donors (Lipinski definition) is 3. The molecule has 2 aromatic rings. The van der Waals surface area contributed by atoms with E-state index in [0.717, 1.165) is 12.0 Å². The maximum absolute atomic E-state index is 13.8. The number of amides is 3. The van der Waals surface area contributed by atoms with Crippen LogP contribution in [-0.2, 0) is 20.8 Å². The van der Waals surface area contributed by atoms with Crippen molar-refractivity contribution >= 4 is 23.4 Å². The molecule has 35 heavy (non-hydrogen) atoms. The van der Waals surface area contributed by atoms with Gasteiger partial charge in [0.15, 0.2) is 0 Å². The van der Waals surface area contributed by atoms with Crippen molar-refractivity contribution in [3.63, 3.8) is 0 Å². The number of nitrogens with zero attached hydrogens (tertiary/aromatic N) is 1. The smallest absolute Gasteiger partial charge is 0.247 e. The summed E-state index contributed by atoms with van der Waals surface area (Å²) in [6.07, 6.45) is 2.16. The molecule has 0 saturated carbocycles. The molecule has 0 aliphatic carbocycles. The first-order valence-electron chi connectivity index (χ1n) is 11.9. The maximum Gasteiger partial charge on any atom is 0.247 e. The molecule has 8 heteroatoms. The number of likely N-dealkylation sites (tertiary alicyclic amines) is 1. The van der Waals surface area contributed by atoms with Crippen molar-refractivity contribution in [2.24, 2.45) is 10.8 Å². The molecular weight excluding hydrogens is 449 g/mol. The van der Waals surface area contributed by atoms with E-state index in [1.807, 2.05) is 51.1 Å². The van der Waals surface area contributed by atoms with Gasteiger partial charge in [0.05, 0.1) is 5.41 Å². The number of hydrogen-bond acceptors (Lipinski definition) is 4. The standard InChI is InChI=1S/C27H34FN3O4/c1-26(2,3)23(24(33)29-21-13-11-20(28)12-14-21)31-17-16-27(25(31)34,18-22(32)30-35)15-7-10-19-8-5-4-6-9-19/h4-6,8-9,11-14,23,35H,7,10,15-18H2,1-3H3,(H,29,33)(H,30,32)/t23-,27-/m0/s1. The highest BCUT2D eigenvalue weighted by Crippen LogP contribution is 2.43. The molecule has 7 nitrogen and oxygen atoms in total. The van der Waals surface area contributed by atoms with Crippen molar-refractivity contribution in [3.8, 4) is 0 Å². The van der Waals surface area contributed by atoms with Gasteiger partial charge in [-0.25, -0.2) is 9.87 Å². The maximum atomic E-state index is 13.8. The molecule has 3 N–H and O–H groups in total. The Labute approximate surface area is 205 Å². The lowest BCUT2D eigenvalue weighted by molar-refractivity contribution is -0.148. The minimum atomic E-state index is -0.999. The van der Waals surface area contributed by atoms with Crippen molar-refractivity contribution in [2.45, 2.75) is 58.9 Å². The second-order valence-electron chi connectivity index (χ2n) is 10.3. The predicted octanol–water partition coefficient (Wildman–Crippen LogP) is 4.32. The second kappa shape index (κ2) is 11.0. The van der Waals surface area contributed by atoms with E-state index < -0.39 is 28.6 Å². The van der Waals surface area contributed by atoms with Gasteiger partial charge in [0.2, 0.25) is 17.7 Å². The Bertz CT molecular complexity index is 1040. The van der Waals surface area contributed by atoms with Gasteiger partial charge in [0.25, 0.3) is 0 Å². The third-order valence-electron chi connectivity index (χ3n) is 6.63. The van der Waals surface area contributed by atoms with Crippen LogP contribution in [0.25, 0.3) is 0 Å². The van der Waals surface area contributed by atoms with Crippen LogP contribution < -0.4 is 10.8 Å². The SMILES string of the molecule is CC(C)(C)[C@H](C(=O)Nc1ccc(F)cc1)N1CC[C@@](CCCc2ccccc2)(CC(=O)NO)C1=O. The molecule has 1 fully saturated rings. The zero-order valence-corrected chi connectivity index (χ0v) is 20.5. The van der Waals surface area contributed by atoms with Crippen LogP contribution in [0.1, 0.15) is 52.0 Å². The quantitative estimate of drug-likeness (QED) is 0.366. The van der Waals surface area contributed by atoms with Gasteiger partial charge in [-0.3, -0.25) is 19.6 Å². The number of nitrogens with one attached hydrogen (secondary N) is 2. The molecule has 0 spiro atoms. The summed E-state index contributed by atoms with van der Waals surface area (Å²) in [5, 5.41) is 12.0. The average Bonchev–Trinajstić information content (AvgIpc) is 3.11. The van der Waals surface area contributed by atoms with Gasteiger partial charge in [-0.15, -0.1) is 0 Å². The number of hydroxylamine groups is 1. The van der Waals surface area contributed by atoms with Crippen LogP contribution in [-0.4, -0.2) is 40.4 Å². The minimum Gasteiger partial charge on any atom is -0.330 e. The second-order valence-corrected chi connectivity index (χ2v) is 10.3. The Morgan fingerprint density at radius 2 is 1.77 bits per heavy atom. The lowest BCUT2D eigenvalue weighted by Crippen LogP contribution is -2.54. The Hall–Kier alpha value is -3.26. The summed E-state index contributed by atoms with van der Waals surface area (Å²) in [6.45, 7) is 5.96. The summed E-state index contributed by atoms with van der Waals surface area (Å²) < 4.78 is 13.3. The van der Waals surface area contributed by atoms with Crippen LogP contribution in [0.2, 0.25) is 0 Å². The molecule has 0 aromatic heterocycles. The molecule has 3 amide bonds. The first-order valence-corrected chi connectivity index (χ1v) is 11.9. The molecular formula is C27H34FN3O4. The van der Waals surface area contributed by atoms with Crippen molar-refractivity contribution < 1.29 is 24.0 Å². The first-order chi connectivity index (χ1) is 16.6. The van der Waals surface area contributed by atoms with Crippen molar-refractivity contribution in [2.75, 3.05) is 11.9 Å². The Balaban J connectivity index is 1.82. The van der Waals surface area contributed by atoms with E-state index in [9.17, 15) is 18.8 Å². The van der Waals surface area contributed by atoms with E-state index in [4.69, 9.17) is 5.21 Å². The molecule has 0 unspecified atom stereocenters. The summed E-state index contributed by atoms with van der Waals surface area (Å²) in [7, 11) is 0. The fourth-order valence-corrected chi connectivity index (χ4v) is 4.95. The topological polar surface area (TPSA) is 98.7 Å². The fraction of sp³-hybridized carbons (Fsp3) is 0.444. The number of benzene rings is 2. The largest absolute Gasteiger partial charge is 0.330 e. The summed E-state index contributed by atoms with van der Waals surface area (Å²) >= 11 is 0. The van der Waals surface area contributed by atoms with Crippen LogP contribution in [0.4, 0.5) is 10.1 Å². The van der Waals surface area contributed by atoms with E-state index in [2.05, 4.69) is 5.32 Å². The summed E-state index contributed by atoms with van der Waals surface area (Å²) in [4.78, 5) is 40.9. The molecule has 1 aliphatic heterocycles. The third-order valence-corrected chi connectivity index (χ3v) is 6.63. The van der Waals surface area contributed by atoms with Crippen molar-refractivity contribution in [1.29, 1.82) is 0 Å². The molecule has 3 rings (SSSR count). The zero-order valence-electron chi connectivity index (χ0n) is 20.5. The van der Waals surface area contributed by atoms with Crippen LogP contribution in [0.3, 0.4) is 0 Å². The molecule has 2 atom stereocenters. The monoisotopic (exact) mass is 483 g/mol. The molecule has 0 bridgehead atoms. The molecule has 188 valence electrons. The van der Waals surface area contributed by atoms with E-state index in [1.165, 1.54) is 24.3 Å².